The van der Waals surface area contributed by atoms with E-state index in [9.17, 15) is 86.2 Å². The zero-order valence-electron chi connectivity index (χ0n) is 44.2. The average molecular weight is 1130 g/mol. The number of aliphatic hydroxyl groups is 14. The van der Waals surface area contributed by atoms with Gasteiger partial charge in [0, 0.05) is 18.4 Å². The van der Waals surface area contributed by atoms with Gasteiger partial charge in [-0.1, -0.05) is 55.8 Å². The molecule has 29 atom stereocenters. The number of esters is 1. The van der Waals surface area contributed by atoms with Crippen LogP contribution < -0.4 is 5.32 Å². The van der Waals surface area contributed by atoms with E-state index in [0.29, 0.717) is 56.9 Å². The van der Waals surface area contributed by atoms with Crippen LogP contribution in [0, 0.1) is 39.9 Å². The summed E-state index contributed by atoms with van der Waals surface area (Å²) in [5, 5.41) is 165. The molecule has 3 aliphatic heterocycles. The second-order valence-electron chi connectivity index (χ2n) is 24.2. The number of benzene rings is 1. The summed E-state index contributed by atoms with van der Waals surface area (Å²) >= 11 is 0. The van der Waals surface area contributed by atoms with Gasteiger partial charge in [-0.15, -0.1) is 0 Å². The Bertz CT molecular complexity index is 2270. The normalized spacial score (nSPS) is 48.8. The summed E-state index contributed by atoms with van der Waals surface area (Å²) < 4.78 is 43.5. The maximum absolute atomic E-state index is 14.9. The zero-order valence-corrected chi connectivity index (χ0v) is 44.2. The van der Waals surface area contributed by atoms with Gasteiger partial charge in [0.2, 0.25) is 6.29 Å². The largest absolute Gasteiger partial charge is 0.480 e. The van der Waals surface area contributed by atoms with E-state index in [1.807, 2.05) is 0 Å². The molecule has 7 unspecified atom stereocenters. The van der Waals surface area contributed by atoms with Crippen LogP contribution in [0.3, 0.4) is 0 Å². The second kappa shape index (κ2) is 24.0. The lowest BCUT2D eigenvalue weighted by atomic mass is 9.41. The van der Waals surface area contributed by atoms with Crippen molar-refractivity contribution in [2.24, 2.45) is 39.9 Å². The summed E-state index contributed by atoms with van der Waals surface area (Å²) in [4.78, 5) is 27.1. The third-order valence-electron chi connectivity index (χ3n) is 19.6. The van der Waals surface area contributed by atoms with Gasteiger partial charge < -0.3 is 110 Å². The highest BCUT2D eigenvalue weighted by molar-refractivity contribution is 5.77. The van der Waals surface area contributed by atoms with E-state index in [2.05, 4.69) is 18.8 Å². The number of hydrogen-bond donors (Lipinski definition) is 16. The molecular weight excluding hydrogens is 1050 g/mol. The molecule has 79 heavy (non-hydrogen) atoms. The monoisotopic (exact) mass is 1130 g/mol. The Morgan fingerprint density at radius 2 is 1.33 bits per heavy atom. The van der Waals surface area contributed by atoms with Crippen molar-refractivity contribution in [2.45, 2.75) is 213 Å². The SMILES string of the molecule is C=C1CC23CC[C@H]4[C@@](C)(CCC[C@@]4(C)C(=O)OC4O[C@H](C(O)N[C@H](Cc5ccccc5)C(=O)O)[C@@H](O)C(O)[C@H]4O)[C@@H]2CC(O[C@@H]2O[C@H](CO)[C@@H](O)C(O[C@@H]4O[C@H](CO)[C@@H](O)[C@H](O)[C@H]4O)[C@H]2O[C@@H]2C[C@H](CO)[C@@H](O)[C@H](O)[C@H]2O)C1C3. The molecule has 25 heteroatoms. The van der Waals surface area contributed by atoms with Crippen molar-refractivity contribution in [2.75, 3.05) is 19.8 Å². The Morgan fingerprint density at radius 3 is 2.00 bits per heavy atom. The van der Waals surface area contributed by atoms with Crippen LogP contribution in [-0.4, -0.2) is 243 Å². The van der Waals surface area contributed by atoms with Gasteiger partial charge in [-0.25, -0.2) is 0 Å². The molecule has 5 saturated carbocycles. The van der Waals surface area contributed by atoms with Crippen molar-refractivity contribution < 1.29 is 119 Å². The third kappa shape index (κ3) is 11.2. The molecule has 0 radical (unpaired) electrons. The average Bonchev–Trinajstić information content (AvgIpc) is 3.91. The first-order valence-corrected chi connectivity index (χ1v) is 27.6. The highest BCUT2D eigenvalue weighted by atomic mass is 16.8. The van der Waals surface area contributed by atoms with Crippen LogP contribution in [0.5, 0.6) is 0 Å². The quantitative estimate of drug-likeness (QED) is 0.0306. The summed E-state index contributed by atoms with van der Waals surface area (Å²) in [5.41, 5.74) is -0.631. The van der Waals surface area contributed by atoms with Crippen molar-refractivity contribution in [3.05, 3.63) is 48.0 Å². The number of carbonyl (C=O) groups is 2. The molecule has 8 aliphatic rings. The Morgan fingerprint density at radius 1 is 0.684 bits per heavy atom. The maximum atomic E-state index is 14.9. The summed E-state index contributed by atoms with van der Waals surface area (Å²) in [6.45, 7) is 6.17. The molecule has 446 valence electrons. The highest BCUT2D eigenvalue weighted by Crippen LogP contribution is 2.72. The van der Waals surface area contributed by atoms with Crippen molar-refractivity contribution in [1.82, 2.24) is 5.32 Å². The standard InChI is InChI=1S/C54H81NO24/c1-22-17-54-13-10-31-52(2,11-7-12-53(31,3)51(72)79-49-42(68)39(65)40(66)44(78-49)46(69)55-26(47(70)71)14-23-8-5-4-6-9-23)32(54)16-27(25(22)18-54)74-50-45(73-28-15-24(19-56)33(59)37(63)34(28)60)43(36(62)30(21-58)76-50)77-48-41(67)38(64)35(61)29(20-57)75-48/h4-6,8-9,24-46,48-50,55-69H,1,7,10-21H2,2-3H3,(H,70,71)/t24-,25?,26-,27?,28-,29-,30-,31+,32+,33-,34+,35-,36-,37+,38+,39?,40+,41-,42-,43?,44+,45-,46?,48+,49?,50-,52-,53-,54?/m1/s1. The predicted octanol–water partition coefficient (Wildman–Crippen LogP) is -3.98. The lowest BCUT2D eigenvalue weighted by Gasteiger charge is -2.64. The molecule has 3 heterocycles. The Labute approximate surface area is 456 Å². The van der Waals surface area contributed by atoms with Crippen LogP contribution in [0.2, 0.25) is 0 Å². The molecule has 2 bridgehead atoms. The van der Waals surface area contributed by atoms with Gasteiger partial charge in [0.05, 0.1) is 36.9 Å². The molecule has 16 N–H and O–H groups in total. The van der Waals surface area contributed by atoms with Gasteiger partial charge in [-0.05, 0) is 92.9 Å². The minimum atomic E-state index is -1.99. The van der Waals surface area contributed by atoms with Gasteiger partial charge in [0.15, 0.2) is 12.6 Å². The molecule has 1 spiro atoms. The number of aliphatic carboxylic acids is 1. The van der Waals surface area contributed by atoms with Gasteiger partial charge in [-0.2, -0.15) is 0 Å². The minimum absolute atomic E-state index is 0.0697. The third-order valence-corrected chi connectivity index (χ3v) is 19.6. The fourth-order valence-electron chi connectivity index (χ4n) is 15.3. The van der Waals surface area contributed by atoms with Gasteiger partial charge in [-0.3, -0.25) is 14.9 Å². The lowest BCUT2D eigenvalue weighted by molar-refractivity contribution is -0.378. The van der Waals surface area contributed by atoms with E-state index >= 15 is 0 Å². The van der Waals surface area contributed by atoms with Crippen LogP contribution in [0.15, 0.2) is 42.5 Å². The van der Waals surface area contributed by atoms with E-state index in [1.165, 1.54) is 0 Å². The molecular formula is C54H81NO24. The number of rotatable bonds is 17. The number of carbonyl (C=O) groups excluding carboxylic acids is 1. The maximum Gasteiger partial charge on any atom is 0.321 e. The summed E-state index contributed by atoms with van der Waals surface area (Å²) in [6.07, 6.45) is -31.7. The highest BCUT2D eigenvalue weighted by Gasteiger charge is 2.68. The van der Waals surface area contributed by atoms with Crippen molar-refractivity contribution >= 4 is 11.9 Å². The van der Waals surface area contributed by atoms with Gasteiger partial charge in [0.25, 0.3) is 0 Å². The number of carboxylic acid groups (broad SMARTS) is 1. The van der Waals surface area contributed by atoms with Crippen LogP contribution in [0.25, 0.3) is 0 Å². The number of hydrogen-bond acceptors (Lipinski definition) is 24. The number of fused-ring (bicyclic) bond motifs is 3. The number of carboxylic acids is 1. The molecule has 25 nitrogen and oxygen atoms in total. The molecule has 1 aromatic rings. The smallest absolute Gasteiger partial charge is 0.321 e. The van der Waals surface area contributed by atoms with Crippen molar-refractivity contribution in [1.29, 1.82) is 0 Å². The molecule has 3 saturated heterocycles. The number of ether oxygens (including phenoxy) is 7. The van der Waals surface area contributed by atoms with Gasteiger partial charge in [0.1, 0.15) is 97.7 Å². The summed E-state index contributed by atoms with van der Waals surface area (Å²) in [5.74, 6) is -3.90. The van der Waals surface area contributed by atoms with E-state index in [-0.39, 0.29) is 36.0 Å². The molecule has 5 aliphatic carbocycles. The van der Waals surface area contributed by atoms with Crippen LogP contribution >= 0.6 is 0 Å². The number of aliphatic hydroxyl groups excluding tert-OH is 14. The van der Waals surface area contributed by atoms with Gasteiger partial charge >= 0.3 is 11.9 Å². The zero-order chi connectivity index (χ0) is 57.2. The second-order valence-corrected chi connectivity index (χ2v) is 24.2. The fourth-order valence-corrected chi connectivity index (χ4v) is 15.3. The van der Waals surface area contributed by atoms with Crippen molar-refractivity contribution in [3.8, 4) is 0 Å². The molecule has 0 amide bonds. The predicted molar refractivity (Wildman–Crippen MR) is 266 cm³/mol. The first-order valence-electron chi connectivity index (χ1n) is 27.6. The summed E-state index contributed by atoms with van der Waals surface area (Å²) in [6, 6.07) is 7.20. The van der Waals surface area contributed by atoms with Crippen molar-refractivity contribution in [3.63, 3.8) is 0 Å². The van der Waals surface area contributed by atoms with Crippen LogP contribution in [0.4, 0.5) is 0 Å². The summed E-state index contributed by atoms with van der Waals surface area (Å²) in [7, 11) is 0. The Balaban J connectivity index is 0.967. The first-order chi connectivity index (χ1) is 37.4. The molecule has 9 rings (SSSR count). The van der Waals surface area contributed by atoms with E-state index in [4.69, 9.17) is 33.2 Å². The molecule has 8 fully saturated rings. The van der Waals surface area contributed by atoms with E-state index in [1.54, 1.807) is 37.3 Å². The molecule has 0 aromatic heterocycles. The Kier molecular flexibility index (Phi) is 18.4. The minimum Gasteiger partial charge on any atom is -0.480 e. The van der Waals surface area contributed by atoms with Crippen LogP contribution in [0.1, 0.15) is 77.2 Å². The van der Waals surface area contributed by atoms with E-state index in [0.717, 1.165) is 5.57 Å². The van der Waals surface area contributed by atoms with Crippen LogP contribution in [-0.2, 0) is 49.2 Å². The fraction of sp³-hybridized carbons (Fsp3) is 0.815. The Hall–Kier alpha value is -2.94. The first kappa shape index (κ1) is 60.6. The number of nitrogens with one attached hydrogen (secondary N) is 1. The molecule has 1 aromatic carbocycles. The van der Waals surface area contributed by atoms with E-state index < -0.39 is 183 Å². The lowest BCUT2D eigenvalue weighted by Crippen LogP contribution is -2.67. The topological polar surface area (TPSA) is 414 Å².